The molecule has 0 heterocycles. The minimum absolute atomic E-state index is 0.0535. The van der Waals surface area contributed by atoms with E-state index in [-0.39, 0.29) is 30.5 Å². The number of carbonyl (C=O) groups is 2. The van der Waals surface area contributed by atoms with Gasteiger partial charge in [-0.25, -0.2) is 0 Å². The number of hydrogen-bond acceptors (Lipinski definition) is 4. The molecule has 25 heavy (non-hydrogen) atoms. The van der Waals surface area contributed by atoms with E-state index in [1.165, 1.54) is 0 Å². The maximum atomic E-state index is 12.1. The van der Waals surface area contributed by atoms with Crippen LogP contribution in [0.5, 0.6) is 0 Å². The third kappa shape index (κ3) is 8.45. The molecular weight excluding hydrogens is 320 g/mol. The molecule has 0 saturated heterocycles. The third-order valence-electron chi connectivity index (χ3n) is 4.71. The van der Waals surface area contributed by atoms with Crippen LogP contribution >= 0.6 is 0 Å². The SMILES string of the molecule is CCCCC[C@H](O)/C=C/[C@H]1[C@@H](O)CC(=O)[C@@H]1C/C=C\CCCC(=O)O. The van der Waals surface area contributed by atoms with Crippen molar-refractivity contribution in [2.24, 2.45) is 11.8 Å². The van der Waals surface area contributed by atoms with Crippen LogP contribution in [0.25, 0.3) is 0 Å². The average Bonchev–Trinajstić information content (AvgIpc) is 2.82. The Labute approximate surface area is 150 Å². The summed E-state index contributed by atoms with van der Waals surface area (Å²) in [5, 5.41) is 28.7. The maximum Gasteiger partial charge on any atom is 0.303 e. The summed E-state index contributed by atoms with van der Waals surface area (Å²) >= 11 is 0. The van der Waals surface area contributed by atoms with Gasteiger partial charge < -0.3 is 15.3 Å². The fraction of sp³-hybridized carbons (Fsp3) is 0.700. The highest BCUT2D eigenvalue weighted by atomic mass is 16.4. The van der Waals surface area contributed by atoms with Crippen LogP contribution in [0.4, 0.5) is 0 Å². The van der Waals surface area contributed by atoms with Crippen LogP contribution in [0.3, 0.4) is 0 Å². The predicted octanol–water partition coefficient (Wildman–Crippen LogP) is 3.25. The lowest BCUT2D eigenvalue weighted by Crippen LogP contribution is -2.18. The van der Waals surface area contributed by atoms with Crippen molar-refractivity contribution in [2.45, 2.75) is 76.9 Å². The van der Waals surface area contributed by atoms with Gasteiger partial charge in [-0.15, -0.1) is 0 Å². The van der Waals surface area contributed by atoms with Crippen molar-refractivity contribution in [3.05, 3.63) is 24.3 Å². The fourth-order valence-electron chi connectivity index (χ4n) is 3.22. The lowest BCUT2D eigenvalue weighted by Gasteiger charge is -2.16. The molecule has 1 saturated carbocycles. The van der Waals surface area contributed by atoms with E-state index in [0.29, 0.717) is 25.7 Å². The van der Waals surface area contributed by atoms with Crippen LogP contribution in [0.2, 0.25) is 0 Å². The number of Topliss-reactive ketones (excluding diaryl/α,β-unsaturated/α-hetero) is 1. The van der Waals surface area contributed by atoms with Gasteiger partial charge in [0.1, 0.15) is 5.78 Å². The summed E-state index contributed by atoms with van der Waals surface area (Å²) in [7, 11) is 0. The van der Waals surface area contributed by atoms with Crippen LogP contribution in [0.15, 0.2) is 24.3 Å². The largest absolute Gasteiger partial charge is 0.481 e. The van der Waals surface area contributed by atoms with E-state index < -0.39 is 18.2 Å². The average molecular weight is 352 g/mol. The highest BCUT2D eigenvalue weighted by molar-refractivity contribution is 5.84. The molecule has 0 aromatic carbocycles. The van der Waals surface area contributed by atoms with E-state index in [1.54, 1.807) is 12.2 Å². The minimum atomic E-state index is -0.801. The molecule has 0 radical (unpaired) electrons. The number of aliphatic hydroxyl groups excluding tert-OH is 2. The van der Waals surface area contributed by atoms with Crippen molar-refractivity contribution in [1.29, 1.82) is 0 Å². The third-order valence-corrected chi connectivity index (χ3v) is 4.71. The number of aliphatic hydroxyl groups is 2. The fourth-order valence-corrected chi connectivity index (χ4v) is 3.22. The van der Waals surface area contributed by atoms with E-state index in [1.807, 2.05) is 12.2 Å². The minimum Gasteiger partial charge on any atom is -0.481 e. The van der Waals surface area contributed by atoms with E-state index in [2.05, 4.69) is 6.92 Å². The second-order valence-corrected chi connectivity index (χ2v) is 6.86. The van der Waals surface area contributed by atoms with Gasteiger partial charge in [0.15, 0.2) is 0 Å². The van der Waals surface area contributed by atoms with Crippen molar-refractivity contribution >= 4 is 11.8 Å². The van der Waals surface area contributed by atoms with Crippen LogP contribution in [-0.4, -0.2) is 39.3 Å². The molecule has 5 heteroatoms. The summed E-state index contributed by atoms with van der Waals surface area (Å²) in [6.45, 7) is 2.11. The van der Waals surface area contributed by atoms with Crippen molar-refractivity contribution < 1.29 is 24.9 Å². The Morgan fingerprint density at radius 2 is 2.04 bits per heavy atom. The van der Waals surface area contributed by atoms with Crippen molar-refractivity contribution in [3.63, 3.8) is 0 Å². The molecule has 1 aliphatic carbocycles. The van der Waals surface area contributed by atoms with E-state index in [9.17, 15) is 19.8 Å². The second-order valence-electron chi connectivity index (χ2n) is 6.86. The Kier molecular flexibility index (Phi) is 10.3. The molecule has 0 spiro atoms. The van der Waals surface area contributed by atoms with Gasteiger partial charge in [-0.2, -0.15) is 0 Å². The molecule has 0 amide bonds. The Hall–Kier alpha value is -1.46. The van der Waals surface area contributed by atoms with Crippen LogP contribution < -0.4 is 0 Å². The summed E-state index contributed by atoms with van der Waals surface area (Å²) in [4.78, 5) is 22.5. The standard InChI is InChI=1S/C20H32O5/c1-2-3-6-9-15(21)12-13-17-16(18(22)14-19(17)23)10-7-4-5-8-11-20(24)25/h4,7,12-13,15-17,19,21,23H,2-3,5-6,8-11,14H2,1H3,(H,24,25)/b7-4-,13-12+/t15-,16+,17+,19-/m0/s1. The second kappa shape index (κ2) is 12.0. The first-order valence-electron chi connectivity index (χ1n) is 9.39. The number of carbonyl (C=O) groups excluding carboxylic acids is 1. The molecule has 4 atom stereocenters. The van der Waals surface area contributed by atoms with Gasteiger partial charge in [0, 0.05) is 24.7 Å². The zero-order valence-electron chi connectivity index (χ0n) is 15.1. The lowest BCUT2D eigenvalue weighted by molar-refractivity contribution is -0.137. The molecule has 0 aromatic rings. The van der Waals surface area contributed by atoms with Gasteiger partial charge in [0.2, 0.25) is 0 Å². The lowest BCUT2D eigenvalue weighted by atomic mass is 9.90. The monoisotopic (exact) mass is 352 g/mol. The summed E-state index contributed by atoms with van der Waals surface area (Å²) in [6.07, 6.45) is 12.1. The molecule has 142 valence electrons. The zero-order chi connectivity index (χ0) is 18.7. The highest BCUT2D eigenvalue weighted by Gasteiger charge is 2.39. The van der Waals surface area contributed by atoms with Gasteiger partial charge in [-0.1, -0.05) is 50.5 Å². The first-order valence-corrected chi connectivity index (χ1v) is 9.39. The molecular formula is C20H32O5. The van der Waals surface area contributed by atoms with E-state index in [0.717, 1.165) is 19.3 Å². The molecule has 1 fully saturated rings. The summed E-state index contributed by atoms with van der Waals surface area (Å²) in [6, 6.07) is 0. The normalized spacial score (nSPS) is 25.2. The molecule has 0 aromatic heterocycles. The predicted molar refractivity (Wildman–Crippen MR) is 97.1 cm³/mol. The number of aliphatic carboxylic acids is 1. The smallest absolute Gasteiger partial charge is 0.303 e. The molecule has 1 aliphatic rings. The van der Waals surface area contributed by atoms with Crippen molar-refractivity contribution in [1.82, 2.24) is 0 Å². The first kappa shape index (κ1) is 21.6. The van der Waals surface area contributed by atoms with Gasteiger partial charge in [0.25, 0.3) is 0 Å². The number of hydrogen-bond donors (Lipinski definition) is 3. The van der Waals surface area contributed by atoms with Crippen molar-refractivity contribution in [2.75, 3.05) is 0 Å². The Morgan fingerprint density at radius 3 is 2.72 bits per heavy atom. The Morgan fingerprint density at radius 1 is 1.28 bits per heavy atom. The Bertz CT molecular complexity index is 469. The number of rotatable bonds is 12. The molecule has 0 bridgehead atoms. The van der Waals surface area contributed by atoms with Gasteiger partial charge in [-0.05, 0) is 25.7 Å². The first-order chi connectivity index (χ1) is 12.0. The van der Waals surface area contributed by atoms with Crippen LogP contribution in [-0.2, 0) is 9.59 Å². The quantitative estimate of drug-likeness (QED) is 0.370. The van der Waals surface area contributed by atoms with Crippen LogP contribution in [0, 0.1) is 11.8 Å². The maximum absolute atomic E-state index is 12.1. The number of ketones is 1. The number of unbranched alkanes of at least 4 members (excludes halogenated alkanes) is 3. The zero-order valence-corrected chi connectivity index (χ0v) is 15.1. The summed E-state index contributed by atoms with van der Waals surface area (Å²) < 4.78 is 0. The molecule has 3 N–H and O–H groups in total. The highest BCUT2D eigenvalue weighted by Crippen LogP contribution is 2.33. The molecule has 1 rings (SSSR count). The van der Waals surface area contributed by atoms with Crippen molar-refractivity contribution in [3.8, 4) is 0 Å². The van der Waals surface area contributed by atoms with Gasteiger partial charge >= 0.3 is 5.97 Å². The summed E-state index contributed by atoms with van der Waals surface area (Å²) in [5.41, 5.74) is 0. The topological polar surface area (TPSA) is 94.8 Å². The number of carboxylic acids is 1. The number of allylic oxidation sites excluding steroid dienone is 2. The number of carboxylic acid groups (broad SMARTS) is 1. The van der Waals surface area contributed by atoms with Gasteiger partial charge in [0.05, 0.1) is 12.2 Å². The molecule has 5 nitrogen and oxygen atoms in total. The van der Waals surface area contributed by atoms with E-state index >= 15 is 0 Å². The van der Waals surface area contributed by atoms with E-state index in [4.69, 9.17) is 5.11 Å². The Balaban J connectivity index is 2.48. The molecule has 0 aliphatic heterocycles. The molecule has 0 unspecified atom stereocenters. The summed E-state index contributed by atoms with van der Waals surface area (Å²) in [5.74, 6) is -1.26. The van der Waals surface area contributed by atoms with Gasteiger partial charge in [-0.3, -0.25) is 9.59 Å². The van der Waals surface area contributed by atoms with Crippen LogP contribution in [0.1, 0.15) is 64.7 Å².